The number of piperidine rings is 1. The molecule has 6 nitrogen and oxygen atoms in total. The molecule has 0 aromatic carbocycles. The van der Waals surface area contributed by atoms with Gasteiger partial charge < -0.3 is 10.6 Å². The first-order valence-electron chi connectivity index (χ1n) is 7.05. The number of amides is 1. The van der Waals surface area contributed by atoms with Crippen molar-refractivity contribution in [2.75, 3.05) is 13.1 Å². The molecule has 1 aromatic heterocycles. The molecule has 116 valence electrons. The summed E-state index contributed by atoms with van der Waals surface area (Å²) in [6, 6.07) is 2.03. The lowest BCUT2D eigenvalue weighted by molar-refractivity contribution is 0.0886. The standard InChI is InChI=1S/C14H14BrClN4O2/c15-9-8(2-1-5-17)10(16)11-12(21)19-14(20(11)13(9)22)3-6-18-7-4-14/h18H,1-4,6-7H2,(H,19,21). The molecular formula is C14H14BrClN4O2. The van der Waals surface area contributed by atoms with Crippen LogP contribution in [0.25, 0.3) is 0 Å². The maximum Gasteiger partial charge on any atom is 0.271 e. The number of nitrogens with one attached hydrogen (secondary N) is 2. The lowest BCUT2D eigenvalue weighted by atomic mass is 9.98. The number of rotatable bonds is 2. The highest BCUT2D eigenvalue weighted by atomic mass is 79.9. The largest absolute Gasteiger partial charge is 0.327 e. The molecule has 0 atom stereocenters. The molecule has 1 saturated heterocycles. The fourth-order valence-electron chi connectivity index (χ4n) is 3.19. The summed E-state index contributed by atoms with van der Waals surface area (Å²) < 4.78 is 1.84. The van der Waals surface area contributed by atoms with Gasteiger partial charge in [-0.05, 0) is 41.0 Å². The van der Waals surface area contributed by atoms with E-state index in [9.17, 15) is 9.59 Å². The van der Waals surface area contributed by atoms with Gasteiger partial charge in [0.15, 0.2) is 0 Å². The summed E-state index contributed by atoms with van der Waals surface area (Å²) in [4.78, 5) is 25.2. The average Bonchev–Trinajstić information content (AvgIpc) is 2.78. The zero-order chi connectivity index (χ0) is 15.9. The van der Waals surface area contributed by atoms with Gasteiger partial charge in [-0.3, -0.25) is 14.2 Å². The van der Waals surface area contributed by atoms with E-state index in [1.165, 1.54) is 4.57 Å². The summed E-state index contributed by atoms with van der Waals surface area (Å²) in [6.45, 7) is 1.44. The minimum Gasteiger partial charge on any atom is -0.327 e. The van der Waals surface area contributed by atoms with Crippen LogP contribution in [0.4, 0.5) is 0 Å². The first kappa shape index (κ1) is 15.5. The second-order valence-electron chi connectivity index (χ2n) is 5.49. The summed E-state index contributed by atoms with van der Waals surface area (Å²) in [6.07, 6.45) is 1.83. The number of pyridine rings is 1. The van der Waals surface area contributed by atoms with Crippen molar-refractivity contribution in [3.8, 4) is 6.07 Å². The average molecular weight is 386 g/mol. The molecule has 1 amide bonds. The summed E-state index contributed by atoms with van der Waals surface area (Å²) in [5.74, 6) is -0.324. The predicted octanol–water partition coefficient (Wildman–Crippen LogP) is 1.50. The lowest BCUT2D eigenvalue weighted by Gasteiger charge is -2.35. The molecule has 3 heterocycles. The molecule has 0 aliphatic carbocycles. The zero-order valence-electron chi connectivity index (χ0n) is 11.7. The number of aromatic nitrogens is 1. The third kappa shape index (κ3) is 2.18. The summed E-state index contributed by atoms with van der Waals surface area (Å²) in [5, 5.41) is 15.2. The number of nitriles is 1. The molecule has 2 aliphatic rings. The maximum atomic E-state index is 12.8. The number of nitrogens with zero attached hydrogens (tertiary/aromatic N) is 2. The Morgan fingerprint density at radius 1 is 1.36 bits per heavy atom. The summed E-state index contributed by atoms with van der Waals surface area (Å²) in [7, 11) is 0. The van der Waals surface area contributed by atoms with Crippen molar-refractivity contribution in [3.05, 3.63) is 31.1 Å². The van der Waals surface area contributed by atoms with Crippen LogP contribution in [0.2, 0.25) is 5.02 Å². The lowest BCUT2D eigenvalue weighted by Crippen LogP contribution is -2.53. The molecule has 1 fully saturated rings. The van der Waals surface area contributed by atoms with Crippen molar-refractivity contribution in [2.45, 2.75) is 31.3 Å². The van der Waals surface area contributed by atoms with Crippen LogP contribution < -0.4 is 16.2 Å². The van der Waals surface area contributed by atoms with E-state index in [1.54, 1.807) is 0 Å². The Bertz CT molecular complexity index is 747. The van der Waals surface area contributed by atoms with Crippen LogP contribution in [-0.4, -0.2) is 23.6 Å². The third-order valence-electron chi connectivity index (χ3n) is 4.26. The molecule has 22 heavy (non-hydrogen) atoms. The van der Waals surface area contributed by atoms with Crippen molar-refractivity contribution >= 4 is 33.4 Å². The number of halogens is 2. The van der Waals surface area contributed by atoms with Gasteiger partial charge in [-0.15, -0.1) is 0 Å². The topological polar surface area (TPSA) is 86.9 Å². The van der Waals surface area contributed by atoms with Crippen LogP contribution in [0.5, 0.6) is 0 Å². The highest BCUT2D eigenvalue weighted by Crippen LogP contribution is 2.36. The van der Waals surface area contributed by atoms with E-state index in [1.807, 2.05) is 6.07 Å². The van der Waals surface area contributed by atoms with Gasteiger partial charge in [-0.2, -0.15) is 5.26 Å². The van der Waals surface area contributed by atoms with Crippen LogP contribution in [-0.2, 0) is 12.1 Å². The number of hydrogen-bond donors (Lipinski definition) is 2. The predicted molar refractivity (Wildman–Crippen MR) is 84.9 cm³/mol. The Morgan fingerprint density at radius 2 is 2.05 bits per heavy atom. The second kappa shape index (κ2) is 5.69. The van der Waals surface area contributed by atoms with Crippen molar-refractivity contribution in [1.82, 2.24) is 15.2 Å². The Balaban J connectivity index is 2.22. The first-order chi connectivity index (χ1) is 10.5. The van der Waals surface area contributed by atoms with Crippen LogP contribution in [0.3, 0.4) is 0 Å². The highest BCUT2D eigenvalue weighted by Gasteiger charge is 2.46. The summed E-state index contributed by atoms with van der Waals surface area (Å²) >= 11 is 9.69. The zero-order valence-corrected chi connectivity index (χ0v) is 14.1. The van der Waals surface area contributed by atoms with E-state index in [4.69, 9.17) is 16.9 Å². The van der Waals surface area contributed by atoms with Gasteiger partial charge in [-0.1, -0.05) is 11.6 Å². The maximum absolute atomic E-state index is 12.8. The Labute approximate surface area is 140 Å². The van der Waals surface area contributed by atoms with Gasteiger partial charge in [0.25, 0.3) is 11.5 Å². The van der Waals surface area contributed by atoms with E-state index in [-0.39, 0.29) is 28.6 Å². The van der Waals surface area contributed by atoms with Crippen LogP contribution in [0, 0.1) is 11.3 Å². The van der Waals surface area contributed by atoms with Crippen molar-refractivity contribution in [1.29, 1.82) is 5.26 Å². The van der Waals surface area contributed by atoms with Gasteiger partial charge in [-0.25, -0.2) is 0 Å². The number of carbonyl (C=O) groups is 1. The van der Waals surface area contributed by atoms with E-state index < -0.39 is 5.66 Å². The molecule has 8 heteroatoms. The molecule has 0 bridgehead atoms. The van der Waals surface area contributed by atoms with Gasteiger partial charge in [0.05, 0.1) is 15.6 Å². The SMILES string of the molecule is N#CCCc1c(Cl)c2n(c(=O)c1Br)C1(CCNCC1)NC2=O. The first-order valence-corrected chi connectivity index (χ1v) is 8.22. The molecule has 2 aliphatic heterocycles. The number of carbonyl (C=O) groups excluding carboxylic acids is 1. The third-order valence-corrected chi connectivity index (χ3v) is 5.48. The second-order valence-corrected chi connectivity index (χ2v) is 6.66. The smallest absolute Gasteiger partial charge is 0.271 e. The Hall–Kier alpha value is -1.36. The van der Waals surface area contributed by atoms with Gasteiger partial charge >= 0.3 is 0 Å². The minimum atomic E-state index is -0.700. The minimum absolute atomic E-state index is 0.213. The quantitative estimate of drug-likeness (QED) is 0.808. The van der Waals surface area contributed by atoms with Crippen LogP contribution >= 0.6 is 27.5 Å². The van der Waals surface area contributed by atoms with E-state index in [0.717, 1.165) is 13.1 Å². The van der Waals surface area contributed by atoms with Crippen molar-refractivity contribution in [3.63, 3.8) is 0 Å². The molecule has 0 radical (unpaired) electrons. The van der Waals surface area contributed by atoms with Crippen molar-refractivity contribution < 1.29 is 4.79 Å². The van der Waals surface area contributed by atoms with E-state index in [2.05, 4.69) is 26.6 Å². The molecule has 2 N–H and O–H groups in total. The number of hydrogen-bond acceptors (Lipinski definition) is 4. The van der Waals surface area contributed by atoms with Crippen molar-refractivity contribution in [2.24, 2.45) is 0 Å². The highest BCUT2D eigenvalue weighted by molar-refractivity contribution is 9.10. The summed E-state index contributed by atoms with van der Waals surface area (Å²) in [5.41, 5.74) is -0.229. The van der Waals surface area contributed by atoms with E-state index in [0.29, 0.717) is 29.3 Å². The van der Waals surface area contributed by atoms with Gasteiger partial charge in [0.2, 0.25) is 0 Å². The molecular weight excluding hydrogens is 372 g/mol. The molecule has 1 spiro atoms. The molecule has 3 rings (SSSR count). The molecule has 0 saturated carbocycles. The van der Waals surface area contributed by atoms with Gasteiger partial charge in [0, 0.05) is 19.3 Å². The molecule has 1 aromatic rings. The van der Waals surface area contributed by atoms with Crippen LogP contribution in [0.1, 0.15) is 35.3 Å². The Kier molecular flexibility index (Phi) is 4.02. The molecule has 0 unspecified atom stereocenters. The fourth-order valence-corrected chi connectivity index (χ4v) is 4.24. The normalized spacial score (nSPS) is 18.9. The fraction of sp³-hybridized carbons (Fsp3) is 0.500. The van der Waals surface area contributed by atoms with E-state index >= 15 is 0 Å². The van der Waals surface area contributed by atoms with Gasteiger partial charge in [0.1, 0.15) is 11.4 Å². The number of fused-ring (bicyclic) bond motifs is 2. The van der Waals surface area contributed by atoms with Crippen LogP contribution in [0.15, 0.2) is 9.27 Å². The Morgan fingerprint density at radius 3 is 2.68 bits per heavy atom. The monoisotopic (exact) mass is 384 g/mol.